The molecule has 0 atom stereocenters. The van der Waals surface area contributed by atoms with Gasteiger partial charge in [-0.1, -0.05) is 18.2 Å². The van der Waals surface area contributed by atoms with Gasteiger partial charge in [-0.05, 0) is 12.1 Å². The van der Waals surface area contributed by atoms with E-state index in [0.717, 1.165) is 5.69 Å². The second kappa shape index (κ2) is 7.60. The van der Waals surface area contributed by atoms with Gasteiger partial charge in [-0.25, -0.2) is 9.78 Å². The Morgan fingerprint density at radius 3 is 2.67 bits per heavy atom. The number of rotatable bonds is 4. The summed E-state index contributed by atoms with van der Waals surface area (Å²) < 4.78 is 5.25. The van der Waals surface area contributed by atoms with Crippen LogP contribution in [0.4, 0.5) is 27.9 Å². The first kappa shape index (κ1) is 16.0. The van der Waals surface area contributed by atoms with E-state index < -0.39 is 0 Å². The highest BCUT2D eigenvalue weighted by molar-refractivity contribution is 5.92. The zero-order chi connectivity index (χ0) is 16.8. The lowest BCUT2D eigenvalue weighted by Crippen LogP contribution is -2.43. The second-order valence-corrected chi connectivity index (χ2v) is 5.23. The van der Waals surface area contributed by atoms with Gasteiger partial charge < -0.3 is 25.6 Å². The van der Waals surface area contributed by atoms with E-state index in [1.807, 2.05) is 30.3 Å². The fourth-order valence-electron chi connectivity index (χ4n) is 2.34. The Morgan fingerprint density at radius 2 is 1.96 bits per heavy atom. The molecule has 8 heteroatoms. The third-order valence-corrected chi connectivity index (χ3v) is 3.60. The largest absolute Gasteiger partial charge is 0.378 e. The standard InChI is InChI=1S/C16H20N6O2/c1-17-14-13(20-16(23)22-7-9-24-10-8-22)11-18-15(21-14)19-12-5-3-2-4-6-12/h2-6,11H,7-10H2,1H3,(H,20,23)(H2,17,18,19,21). The number of hydrogen-bond donors (Lipinski definition) is 3. The van der Waals surface area contributed by atoms with Crippen molar-refractivity contribution in [2.24, 2.45) is 0 Å². The topological polar surface area (TPSA) is 91.4 Å². The number of benzene rings is 1. The number of urea groups is 1. The van der Waals surface area contributed by atoms with Crippen LogP contribution >= 0.6 is 0 Å². The lowest BCUT2D eigenvalue weighted by molar-refractivity contribution is 0.0564. The van der Waals surface area contributed by atoms with Gasteiger partial charge in [-0.3, -0.25) is 0 Å². The van der Waals surface area contributed by atoms with Crippen LogP contribution in [-0.2, 0) is 4.74 Å². The summed E-state index contributed by atoms with van der Waals surface area (Å²) in [5.74, 6) is 1.000. The van der Waals surface area contributed by atoms with Crippen LogP contribution in [0.1, 0.15) is 0 Å². The number of para-hydroxylation sites is 1. The molecule has 2 amide bonds. The maximum absolute atomic E-state index is 12.3. The molecule has 0 radical (unpaired) electrons. The molecule has 3 N–H and O–H groups in total. The van der Waals surface area contributed by atoms with Crippen molar-refractivity contribution in [1.29, 1.82) is 0 Å². The molecule has 1 aliphatic heterocycles. The summed E-state index contributed by atoms with van der Waals surface area (Å²) in [6.45, 7) is 2.27. The second-order valence-electron chi connectivity index (χ2n) is 5.23. The highest BCUT2D eigenvalue weighted by Gasteiger charge is 2.18. The van der Waals surface area contributed by atoms with Gasteiger partial charge in [0.25, 0.3) is 0 Å². The molecular formula is C16H20N6O2. The van der Waals surface area contributed by atoms with Crippen molar-refractivity contribution < 1.29 is 9.53 Å². The summed E-state index contributed by atoms with van der Waals surface area (Å²) in [6.07, 6.45) is 1.59. The van der Waals surface area contributed by atoms with Gasteiger partial charge in [0, 0.05) is 25.8 Å². The van der Waals surface area contributed by atoms with Gasteiger partial charge in [-0.2, -0.15) is 4.98 Å². The first-order valence-corrected chi connectivity index (χ1v) is 7.77. The fourth-order valence-corrected chi connectivity index (χ4v) is 2.34. The number of nitrogens with one attached hydrogen (secondary N) is 3. The first-order valence-electron chi connectivity index (χ1n) is 7.77. The number of hydrogen-bond acceptors (Lipinski definition) is 6. The van der Waals surface area contributed by atoms with E-state index in [0.29, 0.717) is 43.8 Å². The smallest absolute Gasteiger partial charge is 0.322 e. The first-order chi connectivity index (χ1) is 11.8. The molecule has 1 aromatic carbocycles. The molecule has 1 aliphatic rings. The average molecular weight is 328 g/mol. The summed E-state index contributed by atoms with van der Waals surface area (Å²) in [7, 11) is 1.75. The Morgan fingerprint density at radius 1 is 1.21 bits per heavy atom. The Bertz CT molecular complexity index is 688. The van der Waals surface area contributed by atoms with Crippen molar-refractivity contribution >= 4 is 29.2 Å². The van der Waals surface area contributed by atoms with Crippen molar-refractivity contribution in [3.05, 3.63) is 36.5 Å². The van der Waals surface area contributed by atoms with Crippen molar-refractivity contribution in [3.63, 3.8) is 0 Å². The van der Waals surface area contributed by atoms with Crippen LogP contribution in [-0.4, -0.2) is 54.2 Å². The zero-order valence-corrected chi connectivity index (χ0v) is 13.5. The van der Waals surface area contributed by atoms with E-state index in [9.17, 15) is 4.79 Å². The van der Waals surface area contributed by atoms with E-state index in [1.165, 1.54) is 0 Å². The van der Waals surface area contributed by atoms with E-state index in [2.05, 4.69) is 25.9 Å². The third kappa shape index (κ3) is 3.90. The Labute approximate surface area is 140 Å². The summed E-state index contributed by atoms with van der Waals surface area (Å²) in [5.41, 5.74) is 1.43. The molecule has 0 spiro atoms. The van der Waals surface area contributed by atoms with Gasteiger partial charge in [0.15, 0.2) is 5.82 Å². The lowest BCUT2D eigenvalue weighted by atomic mass is 10.3. The molecular weight excluding hydrogens is 308 g/mol. The minimum atomic E-state index is -0.179. The van der Waals surface area contributed by atoms with Crippen LogP contribution in [0.2, 0.25) is 0 Å². The molecule has 2 heterocycles. The van der Waals surface area contributed by atoms with E-state index >= 15 is 0 Å². The van der Waals surface area contributed by atoms with Gasteiger partial charge in [0.05, 0.1) is 19.4 Å². The molecule has 0 unspecified atom stereocenters. The number of anilines is 4. The maximum atomic E-state index is 12.3. The molecule has 2 aromatic rings. The number of morpholine rings is 1. The number of aromatic nitrogens is 2. The monoisotopic (exact) mass is 328 g/mol. The van der Waals surface area contributed by atoms with Crippen LogP contribution in [0.25, 0.3) is 0 Å². The van der Waals surface area contributed by atoms with Crippen molar-refractivity contribution in [1.82, 2.24) is 14.9 Å². The number of carbonyl (C=O) groups is 1. The van der Waals surface area contributed by atoms with Crippen LogP contribution < -0.4 is 16.0 Å². The highest BCUT2D eigenvalue weighted by atomic mass is 16.5. The number of amides is 2. The van der Waals surface area contributed by atoms with Crippen LogP contribution in [0, 0.1) is 0 Å². The molecule has 24 heavy (non-hydrogen) atoms. The van der Waals surface area contributed by atoms with Crippen molar-refractivity contribution in [3.8, 4) is 0 Å². The van der Waals surface area contributed by atoms with Crippen molar-refractivity contribution in [2.75, 3.05) is 49.3 Å². The van der Waals surface area contributed by atoms with Crippen LogP contribution in [0.5, 0.6) is 0 Å². The molecule has 0 aliphatic carbocycles. The zero-order valence-electron chi connectivity index (χ0n) is 13.5. The molecule has 1 fully saturated rings. The Kier molecular flexibility index (Phi) is 5.07. The molecule has 3 rings (SSSR count). The molecule has 126 valence electrons. The number of carbonyl (C=O) groups excluding carboxylic acids is 1. The lowest BCUT2D eigenvalue weighted by Gasteiger charge is -2.27. The Hall–Kier alpha value is -2.87. The van der Waals surface area contributed by atoms with Gasteiger partial charge in [0.2, 0.25) is 5.95 Å². The molecule has 1 saturated heterocycles. The normalized spacial score (nSPS) is 14.1. The van der Waals surface area contributed by atoms with Gasteiger partial charge in [0.1, 0.15) is 5.69 Å². The van der Waals surface area contributed by atoms with Crippen molar-refractivity contribution in [2.45, 2.75) is 0 Å². The molecule has 8 nitrogen and oxygen atoms in total. The third-order valence-electron chi connectivity index (χ3n) is 3.60. The summed E-state index contributed by atoms with van der Waals surface area (Å²) in [6, 6.07) is 9.47. The summed E-state index contributed by atoms with van der Waals surface area (Å²) >= 11 is 0. The summed E-state index contributed by atoms with van der Waals surface area (Å²) in [5, 5.41) is 8.94. The minimum absolute atomic E-state index is 0.179. The minimum Gasteiger partial charge on any atom is -0.378 e. The van der Waals surface area contributed by atoms with Gasteiger partial charge >= 0.3 is 6.03 Å². The number of nitrogens with zero attached hydrogens (tertiary/aromatic N) is 3. The predicted octanol–water partition coefficient (Wildman–Crippen LogP) is 2.13. The van der Waals surface area contributed by atoms with Crippen LogP contribution in [0.3, 0.4) is 0 Å². The van der Waals surface area contributed by atoms with E-state index in [1.54, 1.807) is 18.1 Å². The highest BCUT2D eigenvalue weighted by Crippen LogP contribution is 2.21. The summed E-state index contributed by atoms with van der Waals surface area (Å²) in [4.78, 5) is 22.6. The van der Waals surface area contributed by atoms with Gasteiger partial charge in [-0.15, -0.1) is 0 Å². The number of ether oxygens (including phenoxy) is 1. The maximum Gasteiger partial charge on any atom is 0.322 e. The Balaban J connectivity index is 1.70. The fraction of sp³-hybridized carbons (Fsp3) is 0.312. The average Bonchev–Trinajstić information content (AvgIpc) is 2.64. The quantitative estimate of drug-likeness (QED) is 0.796. The van der Waals surface area contributed by atoms with Crippen LogP contribution in [0.15, 0.2) is 36.5 Å². The van der Waals surface area contributed by atoms with E-state index in [4.69, 9.17) is 4.74 Å². The molecule has 0 bridgehead atoms. The van der Waals surface area contributed by atoms with E-state index in [-0.39, 0.29) is 6.03 Å². The predicted molar refractivity (Wildman–Crippen MR) is 92.7 cm³/mol. The SMILES string of the molecule is CNc1nc(Nc2ccccc2)ncc1NC(=O)N1CCOCC1. The molecule has 1 aromatic heterocycles. The molecule has 0 saturated carbocycles.